The van der Waals surface area contributed by atoms with Crippen molar-refractivity contribution in [2.45, 2.75) is 45.5 Å². The normalized spacial score (nSPS) is 15.6. The first kappa shape index (κ1) is 15.7. The second-order valence-electron chi connectivity index (χ2n) is 5.01. The number of carbonyl (C=O) groups excluding carboxylic acids is 1. The van der Waals surface area contributed by atoms with Gasteiger partial charge in [-0.25, -0.2) is 0 Å². The second-order valence-corrected chi connectivity index (χ2v) is 5.01. The van der Waals surface area contributed by atoms with E-state index in [2.05, 4.69) is 5.32 Å². The van der Waals surface area contributed by atoms with Crippen molar-refractivity contribution in [1.29, 1.82) is 0 Å². The lowest BCUT2D eigenvalue weighted by molar-refractivity contribution is -0.133. The third kappa shape index (κ3) is 5.85. The predicted molar refractivity (Wildman–Crippen MR) is 74.6 cm³/mol. The van der Waals surface area contributed by atoms with Gasteiger partial charge in [0.15, 0.2) is 0 Å². The van der Waals surface area contributed by atoms with Gasteiger partial charge in [-0.1, -0.05) is 37.3 Å². The highest BCUT2D eigenvalue weighted by molar-refractivity contribution is 5.80. The van der Waals surface area contributed by atoms with Crippen molar-refractivity contribution in [3.05, 3.63) is 35.9 Å². The average Bonchev–Trinajstić information content (AvgIpc) is 2.43. The lowest BCUT2D eigenvalue weighted by Crippen LogP contribution is -2.43. The Labute approximate surface area is 114 Å². The minimum atomic E-state index is -0.866. The van der Waals surface area contributed by atoms with E-state index in [9.17, 15) is 9.90 Å². The maximum atomic E-state index is 11.8. The van der Waals surface area contributed by atoms with Gasteiger partial charge in [-0.3, -0.25) is 4.79 Å². The lowest BCUT2D eigenvalue weighted by atomic mass is 10.0. The molecule has 0 bridgehead atoms. The molecule has 2 N–H and O–H groups in total. The Balaban J connectivity index is 2.33. The van der Waals surface area contributed by atoms with E-state index in [1.807, 2.05) is 37.3 Å². The van der Waals surface area contributed by atoms with E-state index in [1.165, 1.54) is 0 Å². The van der Waals surface area contributed by atoms with E-state index in [-0.39, 0.29) is 12.5 Å². The molecule has 106 valence electrons. The van der Waals surface area contributed by atoms with Gasteiger partial charge in [-0.2, -0.15) is 0 Å². The summed E-state index contributed by atoms with van der Waals surface area (Å²) >= 11 is 0. The van der Waals surface area contributed by atoms with Gasteiger partial charge in [-0.15, -0.1) is 0 Å². The Morgan fingerprint density at radius 2 is 2.05 bits per heavy atom. The number of ether oxygens (including phenoxy) is 1. The molecule has 4 nitrogen and oxygen atoms in total. The van der Waals surface area contributed by atoms with Crippen molar-refractivity contribution in [3.63, 3.8) is 0 Å². The summed E-state index contributed by atoms with van der Waals surface area (Å²) in [5, 5.41) is 12.5. The standard InChI is InChI=1S/C15H23NO3/c1-4-15(3,18)11-16-14(17)12(2)19-10-13-8-6-5-7-9-13/h5-9,12,18H,4,10-11H2,1-3H3,(H,16,17). The van der Waals surface area contributed by atoms with Gasteiger partial charge in [-0.05, 0) is 25.8 Å². The highest BCUT2D eigenvalue weighted by atomic mass is 16.5. The fourth-order valence-corrected chi connectivity index (χ4v) is 1.42. The molecule has 2 unspecified atom stereocenters. The van der Waals surface area contributed by atoms with Crippen LogP contribution in [0.1, 0.15) is 32.8 Å². The van der Waals surface area contributed by atoms with E-state index in [4.69, 9.17) is 4.74 Å². The van der Waals surface area contributed by atoms with Gasteiger partial charge in [0.2, 0.25) is 5.91 Å². The van der Waals surface area contributed by atoms with Gasteiger partial charge in [0.05, 0.1) is 12.2 Å². The molecule has 0 aliphatic carbocycles. The molecule has 0 aliphatic rings. The highest BCUT2D eigenvalue weighted by Gasteiger charge is 2.20. The van der Waals surface area contributed by atoms with E-state index in [0.29, 0.717) is 13.0 Å². The first-order valence-corrected chi connectivity index (χ1v) is 6.60. The topological polar surface area (TPSA) is 58.6 Å². The summed E-state index contributed by atoms with van der Waals surface area (Å²) in [6, 6.07) is 9.70. The Morgan fingerprint density at radius 1 is 1.42 bits per heavy atom. The molecule has 19 heavy (non-hydrogen) atoms. The van der Waals surface area contributed by atoms with Crippen molar-refractivity contribution in [2.24, 2.45) is 0 Å². The number of benzene rings is 1. The minimum absolute atomic E-state index is 0.204. The fourth-order valence-electron chi connectivity index (χ4n) is 1.42. The number of nitrogens with one attached hydrogen (secondary N) is 1. The number of carbonyl (C=O) groups is 1. The Bertz CT molecular complexity index is 390. The van der Waals surface area contributed by atoms with Crippen LogP contribution in [-0.2, 0) is 16.1 Å². The largest absolute Gasteiger partial charge is 0.388 e. The molecule has 0 saturated carbocycles. The maximum Gasteiger partial charge on any atom is 0.248 e. The Hall–Kier alpha value is -1.39. The van der Waals surface area contributed by atoms with E-state index >= 15 is 0 Å². The van der Waals surface area contributed by atoms with Gasteiger partial charge < -0.3 is 15.2 Å². The molecule has 0 aliphatic heterocycles. The van der Waals surface area contributed by atoms with E-state index in [0.717, 1.165) is 5.56 Å². The van der Waals surface area contributed by atoms with Crippen molar-refractivity contribution in [3.8, 4) is 0 Å². The quantitative estimate of drug-likeness (QED) is 0.791. The molecule has 0 aromatic heterocycles. The van der Waals surface area contributed by atoms with Crippen LogP contribution < -0.4 is 5.32 Å². The number of aliphatic hydroxyl groups is 1. The molecule has 1 aromatic rings. The van der Waals surface area contributed by atoms with E-state index < -0.39 is 11.7 Å². The Kier molecular flexibility index (Phi) is 5.99. The second kappa shape index (κ2) is 7.26. The van der Waals surface area contributed by atoms with E-state index in [1.54, 1.807) is 13.8 Å². The number of amides is 1. The number of hydrogen-bond acceptors (Lipinski definition) is 3. The molecule has 0 saturated heterocycles. The van der Waals surface area contributed by atoms with Crippen LogP contribution in [0.2, 0.25) is 0 Å². The first-order chi connectivity index (χ1) is 8.94. The van der Waals surface area contributed by atoms with Crippen LogP contribution in [0.4, 0.5) is 0 Å². The predicted octanol–water partition coefficient (Wildman–Crippen LogP) is 1.87. The molecule has 0 radical (unpaired) electrons. The third-order valence-corrected chi connectivity index (χ3v) is 3.12. The lowest BCUT2D eigenvalue weighted by Gasteiger charge is -2.22. The molecule has 1 amide bonds. The zero-order valence-electron chi connectivity index (χ0n) is 11.8. The maximum absolute atomic E-state index is 11.8. The van der Waals surface area contributed by atoms with Gasteiger partial charge in [0, 0.05) is 6.54 Å². The summed E-state index contributed by atoms with van der Waals surface area (Å²) in [4.78, 5) is 11.8. The minimum Gasteiger partial charge on any atom is -0.388 e. The first-order valence-electron chi connectivity index (χ1n) is 6.60. The summed E-state index contributed by atoms with van der Waals surface area (Å²) in [6.45, 7) is 5.92. The van der Waals surface area contributed by atoms with Crippen molar-refractivity contribution >= 4 is 5.91 Å². The van der Waals surface area contributed by atoms with Crippen LogP contribution in [0.25, 0.3) is 0 Å². The van der Waals surface area contributed by atoms with Crippen molar-refractivity contribution < 1.29 is 14.6 Å². The monoisotopic (exact) mass is 265 g/mol. The van der Waals surface area contributed by atoms with Gasteiger partial charge in [0.1, 0.15) is 6.10 Å². The Morgan fingerprint density at radius 3 is 2.63 bits per heavy atom. The molecule has 0 heterocycles. The molecule has 4 heteroatoms. The summed E-state index contributed by atoms with van der Waals surface area (Å²) in [5.41, 5.74) is 0.164. The van der Waals surface area contributed by atoms with Crippen LogP contribution in [-0.4, -0.2) is 29.3 Å². The molecular formula is C15H23NO3. The highest BCUT2D eigenvalue weighted by Crippen LogP contribution is 2.07. The SMILES string of the molecule is CCC(C)(O)CNC(=O)C(C)OCc1ccccc1. The summed E-state index contributed by atoms with van der Waals surface area (Å²) in [7, 11) is 0. The molecule has 1 rings (SSSR count). The van der Waals surface area contributed by atoms with Crippen LogP contribution in [0.5, 0.6) is 0 Å². The molecule has 2 atom stereocenters. The summed E-state index contributed by atoms with van der Waals surface area (Å²) in [6.07, 6.45) is 0.0554. The average molecular weight is 265 g/mol. The smallest absolute Gasteiger partial charge is 0.248 e. The summed E-state index contributed by atoms with van der Waals surface area (Å²) in [5.74, 6) is -0.204. The summed E-state index contributed by atoms with van der Waals surface area (Å²) < 4.78 is 5.50. The molecule has 1 aromatic carbocycles. The van der Waals surface area contributed by atoms with Gasteiger partial charge >= 0.3 is 0 Å². The number of rotatable bonds is 7. The molecule has 0 spiro atoms. The van der Waals surface area contributed by atoms with Crippen LogP contribution in [0.15, 0.2) is 30.3 Å². The molecule has 0 fully saturated rings. The van der Waals surface area contributed by atoms with Crippen LogP contribution >= 0.6 is 0 Å². The van der Waals surface area contributed by atoms with Crippen molar-refractivity contribution in [2.75, 3.05) is 6.54 Å². The van der Waals surface area contributed by atoms with Crippen molar-refractivity contribution in [1.82, 2.24) is 5.32 Å². The zero-order chi connectivity index (χ0) is 14.3. The zero-order valence-corrected chi connectivity index (χ0v) is 11.8. The molecular weight excluding hydrogens is 242 g/mol. The van der Waals surface area contributed by atoms with Crippen LogP contribution in [0.3, 0.4) is 0 Å². The fraction of sp³-hybridized carbons (Fsp3) is 0.533. The van der Waals surface area contributed by atoms with Crippen LogP contribution in [0, 0.1) is 0 Å². The number of hydrogen-bond donors (Lipinski definition) is 2. The van der Waals surface area contributed by atoms with Gasteiger partial charge in [0.25, 0.3) is 0 Å². The third-order valence-electron chi connectivity index (χ3n) is 3.12.